The fourth-order valence-electron chi connectivity index (χ4n) is 7.51. The summed E-state index contributed by atoms with van der Waals surface area (Å²) in [5, 5.41) is 0. The van der Waals surface area contributed by atoms with Crippen LogP contribution in [0.3, 0.4) is 0 Å². The highest BCUT2D eigenvalue weighted by Crippen LogP contribution is 2.81. The zero-order chi connectivity index (χ0) is 19.4. The highest BCUT2D eigenvalue weighted by Gasteiger charge is 2.81. The lowest BCUT2D eigenvalue weighted by Gasteiger charge is -2.62. The smallest absolute Gasteiger partial charge is 0.334 e. The Bertz CT molecular complexity index is 736. The van der Waals surface area contributed by atoms with Crippen LogP contribution in [0, 0.1) is 34.5 Å². The number of fused-ring (bicyclic) bond motifs is 2. The van der Waals surface area contributed by atoms with Crippen LogP contribution >= 0.6 is 0 Å². The van der Waals surface area contributed by atoms with Crippen LogP contribution in [0.15, 0.2) is 11.1 Å². The molecule has 3 fully saturated rings. The van der Waals surface area contributed by atoms with Gasteiger partial charge in [-0.15, -0.1) is 0 Å². The van der Waals surface area contributed by atoms with Crippen molar-refractivity contribution in [2.45, 2.75) is 64.7 Å². The third-order valence-corrected chi connectivity index (χ3v) is 9.17. The maximum Gasteiger partial charge on any atom is 0.334 e. The molecule has 1 spiro atoms. The van der Waals surface area contributed by atoms with Crippen molar-refractivity contribution in [2.24, 2.45) is 34.5 Å². The third kappa shape index (κ3) is 1.91. The lowest BCUT2D eigenvalue weighted by Crippen LogP contribution is -2.67. The Morgan fingerprint density at radius 3 is 2.70 bits per heavy atom. The first kappa shape index (κ1) is 18.0. The number of halogens is 3. The van der Waals surface area contributed by atoms with Crippen LogP contribution in [-0.4, -0.2) is 37.4 Å². The molecule has 6 heteroatoms. The van der Waals surface area contributed by atoms with Gasteiger partial charge in [-0.1, -0.05) is 13.8 Å². The van der Waals surface area contributed by atoms with Crippen LogP contribution < -0.4 is 0 Å². The average Bonchev–Trinajstić information content (AvgIpc) is 3.26. The van der Waals surface area contributed by atoms with Gasteiger partial charge in [0.15, 0.2) is 0 Å². The van der Waals surface area contributed by atoms with Crippen molar-refractivity contribution >= 4 is 5.97 Å². The number of carbonyl (C=O) groups excluding carboxylic acids is 1. The summed E-state index contributed by atoms with van der Waals surface area (Å²) in [5.74, 6) is -1.57. The van der Waals surface area contributed by atoms with E-state index in [9.17, 15) is 13.6 Å². The largest absolute Gasteiger partial charge is 0.458 e. The summed E-state index contributed by atoms with van der Waals surface area (Å²) in [7, 11) is 0. The van der Waals surface area contributed by atoms with Gasteiger partial charge in [-0.05, 0) is 49.5 Å². The summed E-state index contributed by atoms with van der Waals surface area (Å²) < 4.78 is 54.0. The van der Waals surface area contributed by atoms with Crippen molar-refractivity contribution < 1.29 is 27.4 Å². The van der Waals surface area contributed by atoms with E-state index in [0.29, 0.717) is 26.1 Å². The molecule has 2 heterocycles. The van der Waals surface area contributed by atoms with Crippen molar-refractivity contribution in [3.05, 3.63) is 11.1 Å². The molecule has 0 aromatic heterocycles. The molecule has 3 aliphatic carbocycles. The van der Waals surface area contributed by atoms with Crippen LogP contribution in [0.4, 0.5) is 13.2 Å². The zero-order valence-corrected chi connectivity index (χ0v) is 16.1. The minimum absolute atomic E-state index is 0.0575. The Morgan fingerprint density at radius 1 is 1.26 bits per heavy atom. The summed E-state index contributed by atoms with van der Waals surface area (Å²) in [6.07, 6.45) is -1.09. The Balaban J connectivity index is 1.54. The topological polar surface area (TPSA) is 35.5 Å². The van der Waals surface area contributed by atoms with Gasteiger partial charge >= 0.3 is 5.97 Å². The fraction of sp³-hybridized carbons (Fsp3) is 0.857. The maximum atomic E-state index is 15.8. The molecule has 150 valence electrons. The lowest BCUT2D eigenvalue weighted by molar-refractivity contribution is -0.261. The molecule has 2 aliphatic heterocycles. The van der Waals surface area contributed by atoms with E-state index in [1.165, 1.54) is 6.92 Å². The quantitative estimate of drug-likeness (QED) is 0.666. The van der Waals surface area contributed by atoms with Gasteiger partial charge in [0.25, 0.3) is 0 Å². The molecule has 5 rings (SSSR count). The van der Waals surface area contributed by atoms with E-state index >= 15 is 4.39 Å². The summed E-state index contributed by atoms with van der Waals surface area (Å²) >= 11 is 0. The fourth-order valence-corrected chi connectivity index (χ4v) is 7.51. The highest BCUT2D eigenvalue weighted by atomic mass is 19.3. The van der Waals surface area contributed by atoms with Crippen LogP contribution in [0.25, 0.3) is 0 Å². The third-order valence-electron chi connectivity index (χ3n) is 9.17. The van der Waals surface area contributed by atoms with Gasteiger partial charge in [0, 0.05) is 28.7 Å². The van der Waals surface area contributed by atoms with Crippen LogP contribution in [0.5, 0.6) is 0 Å². The molecule has 2 saturated carbocycles. The molecule has 0 N–H and O–H groups in total. The highest BCUT2D eigenvalue weighted by molar-refractivity contribution is 5.92. The van der Waals surface area contributed by atoms with Crippen molar-refractivity contribution in [3.8, 4) is 0 Å². The summed E-state index contributed by atoms with van der Waals surface area (Å²) in [6, 6.07) is 0. The van der Waals surface area contributed by atoms with Gasteiger partial charge < -0.3 is 9.47 Å². The molecular weight excluding hydrogens is 357 g/mol. The number of ether oxygens (including phenoxy) is 2. The molecule has 1 saturated heterocycles. The van der Waals surface area contributed by atoms with Crippen molar-refractivity contribution in [1.29, 1.82) is 0 Å². The van der Waals surface area contributed by atoms with Gasteiger partial charge in [0.05, 0.1) is 6.61 Å². The van der Waals surface area contributed by atoms with Crippen LogP contribution in [0.1, 0.15) is 46.5 Å². The number of hydrogen-bond donors (Lipinski definition) is 0. The first-order valence-corrected chi connectivity index (χ1v) is 10.1. The number of carbonyl (C=O) groups is 1. The van der Waals surface area contributed by atoms with Crippen molar-refractivity contribution in [1.82, 2.24) is 0 Å². The molecule has 3 nitrogen and oxygen atoms in total. The van der Waals surface area contributed by atoms with Gasteiger partial charge in [-0.2, -0.15) is 0 Å². The molecule has 0 radical (unpaired) electrons. The van der Waals surface area contributed by atoms with Crippen LogP contribution in [-0.2, 0) is 14.3 Å². The number of alkyl halides is 3. The second-order valence-electron chi connectivity index (χ2n) is 9.84. The van der Waals surface area contributed by atoms with Gasteiger partial charge in [0.2, 0.25) is 6.43 Å². The summed E-state index contributed by atoms with van der Waals surface area (Å²) in [5.41, 5.74) is 0.284. The van der Waals surface area contributed by atoms with Crippen molar-refractivity contribution in [3.63, 3.8) is 0 Å². The Hall–Kier alpha value is -1.04. The van der Waals surface area contributed by atoms with E-state index in [4.69, 9.17) is 9.47 Å². The number of cyclic esters (lactones) is 1. The predicted molar refractivity (Wildman–Crippen MR) is 91.9 cm³/mol. The maximum absolute atomic E-state index is 15.8. The first-order chi connectivity index (χ1) is 12.7. The lowest BCUT2D eigenvalue weighted by atomic mass is 9.48. The molecule has 8 atom stereocenters. The molecule has 27 heavy (non-hydrogen) atoms. The predicted octanol–water partition coefficient (Wildman–Crippen LogP) is 4.31. The first-order valence-electron chi connectivity index (χ1n) is 10.1. The summed E-state index contributed by atoms with van der Waals surface area (Å²) in [6.45, 7) is 6.16. The van der Waals surface area contributed by atoms with E-state index in [1.54, 1.807) is 0 Å². The molecular formula is C21H27F3O3. The van der Waals surface area contributed by atoms with E-state index in [-0.39, 0.29) is 28.6 Å². The molecule has 5 aliphatic rings. The second-order valence-corrected chi connectivity index (χ2v) is 9.84. The van der Waals surface area contributed by atoms with E-state index in [0.717, 1.165) is 24.0 Å². The minimum Gasteiger partial charge on any atom is -0.458 e. The zero-order valence-electron chi connectivity index (χ0n) is 16.1. The molecule has 0 aromatic carbocycles. The van der Waals surface area contributed by atoms with Gasteiger partial charge in [0.1, 0.15) is 18.4 Å². The summed E-state index contributed by atoms with van der Waals surface area (Å²) in [4.78, 5) is 12.0. The number of rotatable bonds is 2. The van der Waals surface area contributed by atoms with E-state index < -0.39 is 30.0 Å². The number of esters is 1. The van der Waals surface area contributed by atoms with E-state index in [1.807, 2.05) is 6.92 Å². The Kier molecular flexibility index (Phi) is 3.54. The number of hydrogen-bond acceptors (Lipinski definition) is 3. The average molecular weight is 384 g/mol. The van der Waals surface area contributed by atoms with Gasteiger partial charge in [-0.3, -0.25) is 0 Å². The molecule has 3 unspecified atom stereocenters. The Labute approximate surface area is 157 Å². The normalized spacial score (nSPS) is 51.9. The monoisotopic (exact) mass is 384 g/mol. The van der Waals surface area contributed by atoms with Gasteiger partial charge in [-0.25, -0.2) is 18.0 Å². The minimum atomic E-state index is -2.51. The SMILES string of the molecule is CC(C(F)F)C1C[C@@H]2C[C@@]23[C@@]2(C)CCC4=C(COC4=O)C2CO[C@]3(C)[C@@H]1F. The molecule has 0 amide bonds. The second kappa shape index (κ2) is 5.31. The van der Waals surface area contributed by atoms with E-state index in [2.05, 4.69) is 6.92 Å². The Morgan fingerprint density at radius 2 is 2.00 bits per heavy atom. The van der Waals surface area contributed by atoms with Crippen molar-refractivity contribution in [2.75, 3.05) is 13.2 Å². The molecule has 0 aromatic rings. The molecule has 0 bridgehead atoms. The van der Waals surface area contributed by atoms with Crippen LogP contribution in [0.2, 0.25) is 0 Å². The standard InChI is InChI=1S/C21H27F3O3/c1-10(17(23)24)13-6-11-7-21(11)19(2)5-4-12-14(8-26-18(12)25)15(19)9-27-20(21,3)16(13)22/h10-11,13,15-17H,4-9H2,1-3H3/t10?,11-,13?,15?,16-,19+,20-,21+/m1/s1.